The first kappa shape index (κ1) is 21.8. The molecule has 0 radical (unpaired) electrons. The number of hydrogen-bond donors (Lipinski definition) is 1. The fraction of sp³-hybridized carbons (Fsp3) is 0.0455. The molecule has 0 spiro atoms. The van der Waals surface area contributed by atoms with E-state index in [-0.39, 0.29) is 31.9 Å². The molecular formula is C22H12F3NO4S2. The lowest BCUT2D eigenvalue weighted by Crippen LogP contribution is -2.27. The minimum atomic E-state index is -4.54. The second kappa shape index (κ2) is 8.29. The van der Waals surface area contributed by atoms with E-state index in [1.165, 1.54) is 65.6 Å². The normalized spacial score (nSPS) is 15.6. The molecule has 0 bridgehead atoms. The number of nitrogens with zero attached hydrogens (tertiary/aromatic N) is 1. The smallest absolute Gasteiger partial charge is 0.417 e. The summed E-state index contributed by atoms with van der Waals surface area (Å²) in [5, 5.41) is 9.00. The summed E-state index contributed by atoms with van der Waals surface area (Å²) in [6, 6.07) is 13.6. The average molecular weight is 475 g/mol. The molecule has 0 saturated carbocycles. The molecule has 5 nitrogen and oxygen atoms in total. The van der Waals surface area contributed by atoms with Crippen molar-refractivity contribution in [3.05, 3.63) is 82.5 Å². The van der Waals surface area contributed by atoms with Crippen molar-refractivity contribution in [1.29, 1.82) is 0 Å². The van der Waals surface area contributed by atoms with Crippen LogP contribution < -0.4 is 4.90 Å². The first-order valence-corrected chi connectivity index (χ1v) is 10.3. The van der Waals surface area contributed by atoms with Gasteiger partial charge in [-0.1, -0.05) is 42.2 Å². The second-order valence-corrected chi connectivity index (χ2v) is 8.29. The van der Waals surface area contributed by atoms with Crippen molar-refractivity contribution in [2.45, 2.75) is 6.18 Å². The average Bonchev–Trinajstić information content (AvgIpc) is 3.32. The van der Waals surface area contributed by atoms with E-state index in [2.05, 4.69) is 0 Å². The maximum absolute atomic E-state index is 13.3. The number of carboxylic acids is 1. The summed E-state index contributed by atoms with van der Waals surface area (Å²) < 4.78 is 45.6. The summed E-state index contributed by atoms with van der Waals surface area (Å²) in [7, 11) is 0. The highest BCUT2D eigenvalue weighted by Gasteiger charge is 2.35. The van der Waals surface area contributed by atoms with Gasteiger partial charge in [0.15, 0.2) is 4.32 Å². The van der Waals surface area contributed by atoms with Crippen molar-refractivity contribution >= 4 is 51.9 Å². The van der Waals surface area contributed by atoms with Crippen LogP contribution in [0.15, 0.2) is 70.0 Å². The Hall–Kier alpha value is -3.37. The number of carbonyl (C=O) groups is 2. The van der Waals surface area contributed by atoms with Crippen LogP contribution in [-0.4, -0.2) is 21.3 Å². The zero-order chi connectivity index (χ0) is 23.0. The van der Waals surface area contributed by atoms with E-state index in [1.54, 1.807) is 0 Å². The van der Waals surface area contributed by atoms with E-state index in [0.717, 1.165) is 17.8 Å². The summed E-state index contributed by atoms with van der Waals surface area (Å²) in [5.41, 5.74) is -0.458. The van der Waals surface area contributed by atoms with Gasteiger partial charge in [0.05, 0.1) is 21.7 Å². The number of carboxylic acid groups (broad SMARTS) is 1. The molecule has 0 aliphatic carbocycles. The van der Waals surface area contributed by atoms with E-state index < -0.39 is 23.6 Å². The predicted octanol–water partition coefficient (Wildman–Crippen LogP) is 6.07. The Balaban J connectivity index is 1.61. The quantitative estimate of drug-likeness (QED) is 0.365. The number of amides is 1. The molecule has 32 heavy (non-hydrogen) atoms. The highest BCUT2D eigenvalue weighted by molar-refractivity contribution is 8.27. The summed E-state index contributed by atoms with van der Waals surface area (Å²) in [5.74, 6) is -1.33. The van der Waals surface area contributed by atoms with Crippen molar-refractivity contribution in [2.24, 2.45) is 0 Å². The molecule has 10 heteroatoms. The number of thioether (sulfide) groups is 1. The van der Waals surface area contributed by atoms with Crippen molar-refractivity contribution < 1.29 is 32.3 Å². The van der Waals surface area contributed by atoms with Crippen LogP contribution in [0, 0.1) is 0 Å². The first-order valence-electron chi connectivity index (χ1n) is 9.03. The maximum atomic E-state index is 13.3. The molecule has 1 N–H and O–H groups in total. The van der Waals surface area contributed by atoms with Crippen LogP contribution in [0.25, 0.3) is 17.4 Å². The lowest BCUT2D eigenvalue weighted by atomic mass is 10.1. The highest BCUT2D eigenvalue weighted by atomic mass is 32.2. The van der Waals surface area contributed by atoms with Crippen molar-refractivity contribution in [3.63, 3.8) is 0 Å². The van der Waals surface area contributed by atoms with Crippen molar-refractivity contribution in [3.8, 4) is 11.3 Å². The zero-order valence-corrected chi connectivity index (χ0v) is 17.6. The van der Waals surface area contributed by atoms with Gasteiger partial charge in [0.2, 0.25) is 0 Å². The van der Waals surface area contributed by atoms with Gasteiger partial charge in [-0.25, -0.2) is 4.79 Å². The van der Waals surface area contributed by atoms with E-state index >= 15 is 0 Å². The molecule has 1 aliphatic heterocycles. The Labute approximate surface area is 189 Å². The minimum Gasteiger partial charge on any atom is -0.478 e. The third kappa shape index (κ3) is 4.19. The van der Waals surface area contributed by atoms with Crippen LogP contribution in [0.3, 0.4) is 0 Å². The number of carbonyl (C=O) groups excluding carboxylic acids is 1. The van der Waals surface area contributed by atoms with Crippen LogP contribution in [0.4, 0.5) is 18.9 Å². The predicted molar refractivity (Wildman–Crippen MR) is 118 cm³/mol. The lowest BCUT2D eigenvalue weighted by Gasteiger charge is -2.14. The molecule has 3 aromatic rings. The molecule has 1 aliphatic rings. The van der Waals surface area contributed by atoms with Crippen molar-refractivity contribution in [1.82, 2.24) is 0 Å². The third-order valence-electron chi connectivity index (χ3n) is 4.56. The van der Waals surface area contributed by atoms with Gasteiger partial charge in [0.25, 0.3) is 5.91 Å². The number of halogens is 3. The van der Waals surface area contributed by atoms with Gasteiger partial charge in [-0.15, -0.1) is 0 Å². The Bertz CT molecular complexity index is 1260. The maximum Gasteiger partial charge on any atom is 0.417 e. The Morgan fingerprint density at radius 2 is 1.75 bits per heavy atom. The monoisotopic (exact) mass is 475 g/mol. The third-order valence-corrected chi connectivity index (χ3v) is 5.87. The van der Waals surface area contributed by atoms with E-state index in [9.17, 15) is 22.8 Å². The van der Waals surface area contributed by atoms with Crippen LogP contribution in [0.2, 0.25) is 0 Å². The van der Waals surface area contributed by atoms with Crippen LogP contribution in [-0.2, 0) is 11.0 Å². The standard InChI is InChI=1S/C22H12F3NO4S2/c23-22(24,25)16-4-2-1-3-15(16)17-10-9-14(30-17)11-18-19(27)26(21(31)32-18)13-7-5-12(6-8-13)20(28)29/h1-11H,(H,28,29)/b18-11+. The van der Waals surface area contributed by atoms with Gasteiger partial charge in [0.1, 0.15) is 11.5 Å². The molecule has 162 valence electrons. The fourth-order valence-corrected chi connectivity index (χ4v) is 4.37. The number of alkyl halides is 3. The largest absolute Gasteiger partial charge is 0.478 e. The number of aromatic carboxylic acids is 1. The fourth-order valence-electron chi connectivity index (χ4n) is 3.09. The van der Waals surface area contributed by atoms with Gasteiger partial charge in [-0.05, 0) is 42.5 Å². The van der Waals surface area contributed by atoms with Gasteiger partial charge < -0.3 is 9.52 Å². The Morgan fingerprint density at radius 1 is 1.06 bits per heavy atom. The molecule has 1 aromatic heterocycles. The van der Waals surface area contributed by atoms with E-state index in [0.29, 0.717) is 5.69 Å². The number of anilines is 1. The summed E-state index contributed by atoms with van der Waals surface area (Å²) in [4.78, 5) is 25.3. The highest BCUT2D eigenvalue weighted by Crippen LogP contribution is 2.39. The Morgan fingerprint density at radius 3 is 2.41 bits per heavy atom. The lowest BCUT2D eigenvalue weighted by molar-refractivity contribution is -0.137. The molecule has 1 amide bonds. The molecule has 0 unspecified atom stereocenters. The summed E-state index contributed by atoms with van der Waals surface area (Å²) >= 11 is 6.28. The molecule has 2 heterocycles. The number of benzene rings is 2. The van der Waals surface area contributed by atoms with Crippen LogP contribution in [0.1, 0.15) is 21.7 Å². The molecular weight excluding hydrogens is 463 g/mol. The Kier molecular flexibility index (Phi) is 5.66. The van der Waals surface area contributed by atoms with Crippen molar-refractivity contribution in [2.75, 3.05) is 4.90 Å². The molecule has 1 saturated heterocycles. The van der Waals surface area contributed by atoms with Crippen LogP contribution in [0.5, 0.6) is 0 Å². The van der Waals surface area contributed by atoms with Gasteiger partial charge in [-0.3, -0.25) is 9.69 Å². The topological polar surface area (TPSA) is 70.8 Å². The molecule has 0 atom stereocenters. The van der Waals surface area contributed by atoms with Crippen LogP contribution >= 0.6 is 24.0 Å². The number of hydrogen-bond acceptors (Lipinski definition) is 5. The molecule has 2 aromatic carbocycles. The number of thiocarbonyl (C=S) groups is 1. The minimum absolute atomic E-state index is 0.0175. The van der Waals surface area contributed by atoms with Gasteiger partial charge in [0, 0.05) is 11.6 Å². The number of furan rings is 1. The molecule has 4 rings (SSSR count). The first-order chi connectivity index (χ1) is 15.1. The van der Waals surface area contributed by atoms with Gasteiger partial charge in [-0.2, -0.15) is 13.2 Å². The second-order valence-electron chi connectivity index (χ2n) is 6.61. The SMILES string of the molecule is O=C(O)c1ccc(N2C(=O)/C(=C\c3ccc(-c4ccccc4C(F)(F)F)o3)SC2=S)cc1. The summed E-state index contributed by atoms with van der Waals surface area (Å²) in [6.45, 7) is 0. The van der Waals surface area contributed by atoms with Gasteiger partial charge >= 0.3 is 12.1 Å². The summed E-state index contributed by atoms with van der Waals surface area (Å²) in [6.07, 6.45) is -3.13. The molecule has 1 fully saturated rings. The zero-order valence-electron chi connectivity index (χ0n) is 15.9. The number of rotatable bonds is 4. The van der Waals surface area contributed by atoms with E-state index in [1.807, 2.05) is 0 Å². The van der Waals surface area contributed by atoms with E-state index in [4.69, 9.17) is 21.7 Å².